The SMILES string of the molecule is Nc1ccc(CS(=O)(=O)N2CCn3cnnc3C2)cc1. The Morgan fingerprint density at radius 1 is 1.20 bits per heavy atom. The van der Waals surface area contributed by atoms with Crippen LogP contribution < -0.4 is 5.73 Å². The molecule has 0 spiro atoms. The third-order valence-electron chi connectivity index (χ3n) is 3.33. The normalized spacial score (nSPS) is 16.0. The topological polar surface area (TPSA) is 94.1 Å². The number of hydrogen-bond donors (Lipinski definition) is 1. The van der Waals surface area contributed by atoms with E-state index in [0.29, 0.717) is 24.6 Å². The summed E-state index contributed by atoms with van der Waals surface area (Å²) < 4.78 is 28.1. The Hall–Kier alpha value is -1.93. The zero-order chi connectivity index (χ0) is 14.2. The van der Waals surface area contributed by atoms with Crippen molar-refractivity contribution in [2.24, 2.45) is 0 Å². The van der Waals surface area contributed by atoms with E-state index in [-0.39, 0.29) is 12.3 Å². The van der Waals surface area contributed by atoms with Crippen LogP contribution in [0.3, 0.4) is 0 Å². The molecule has 1 aliphatic rings. The summed E-state index contributed by atoms with van der Waals surface area (Å²) in [5, 5.41) is 7.72. The molecule has 2 N–H and O–H groups in total. The second-order valence-corrected chi connectivity index (χ2v) is 6.74. The van der Waals surface area contributed by atoms with Gasteiger partial charge in [0.1, 0.15) is 12.2 Å². The van der Waals surface area contributed by atoms with Gasteiger partial charge in [0.15, 0.2) is 0 Å². The van der Waals surface area contributed by atoms with Gasteiger partial charge in [-0.25, -0.2) is 8.42 Å². The molecule has 0 unspecified atom stereocenters. The molecule has 0 aliphatic carbocycles. The van der Waals surface area contributed by atoms with Gasteiger partial charge >= 0.3 is 0 Å². The van der Waals surface area contributed by atoms with Crippen LogP contribution in [-0.2, 0) is 28.9 Å². The van der Waals surface area contributed by atoms with E-state index in [1.54, 1.807) is 30.6 Å². The van der Waals surface area contributed by atoms with Gasteiger partial charge in [-0.1, -0.05) is 12.1 Å². The maximum atomic E-state index is 12.4. The van der Waals surface area contributed by atoms with E-state index in [4.69, 9.17) is 5.73 Å². The zero-order valence-corrected chi connectivity index (χ0v) is 11.6. The average Bonchev–Trinajstić information content (AvgIpc) is 2.88. The van der Waals surface area contributed by atoms with Crippen LogP contribution in [0.15, 0.2) is 30.6 Å². The number of fused-ring (bicyclic) bond motifs is 1. The summed E-state index contributed by atoms with van der Waals surface area (Å²) in [7, 11) is -3.36. The van der Waals surface area contributed by atoms with E-state index in [1.165, 1.54) is 4.31 Å². The number of nitrogens with two attached hydrogens (primary N) is 1. The van der Waals surface area contributed by atoms with Crippen LogP contribution in [0.5, 0.6) is 0 Å². The smallest absolute Gasteiger partial charge is 0.218 e. The maximum Gasteiger partial charge on any atom is 0.218 e. The molecule has 0 amide bonds. The van der Waals surface area contributed by atoms with Gasteiger partial charge in [-0.05, 0) is 17.7 Å². The van der Waals surface area contributed by atoms with Crippen molar-refractivity contribution in [3.05, 3.63) is 42.0 Å². The van der Waals surface area contributed by atoms with Crippen molar-refractivity contribution in [1.29, 1.82) is 0 Å². The van der Waals surface area contributed by atoms with Crippen molar-refractivity contribution < 1.29 is 8.42 Å². The lowest BCUT2D eigenvalue weighted by molar-refractivity contribution is 0.335. The number of aromatic nitrogens is 3. The van der Waals surface area contributed by atoms with Crippen LogP contribution in [0.2, 0.25) is 0 Å². The average molecular weight is 293 g/mol. The molecule has 1 aromatic carbocycles. The summed E-state index contributed by atoms with van der Waals surface area (Å²) in [5.41, 5.74) is 6.95. The van der Waals surface area contributed by atoms with Crippen LogP contribution in [0.1, 0.15) is 11.4 Å². The highest BCUT2D eigenvalue weighted by Gasteiger charge is 2.27. The monoisotopic (exact) mass is 293 g/mol. The number of anilines is 1. The highest BCUT2D eigenvalue weighted by Crippen LogP contribution is 2.17. The fraction of sp³-hybridized carbons (Fsp3) is 0.333. The van der Waals surface area contributed by atoms with E-state index in [0.717, 1.165) is 5.56 Å². The number of sulfonamides is 1. The van der Waals surface area contributed by atoms with E-state index in [1.807, 2.05) is 4.57 Å². The van der Waals surface area contributed by atoms with Gasteiger partial charge in [-0.15, -0.1) is 10.2 Å². The third kappa shape index (κ3) is 2.52. The summed E-state index contributed by atoms with van der Waals surface area (Å²) in [6, 6.07) is 6.88. The fourth-order valence-electron chi connectivity index (χ4n) is 2.20. The van der Waals surface area contributed by atoms with Crippen molar-refractivity contribution in [3.63, 3.8) is 0 Å². The molecule has 0 saturated carbocycles. The summed E-state index contributed by atoms with van der Waals surface area (Å²) in [5.74, 6) is 0.652. The number of rotatable bonds is 3. The lowest BCUT2D eigenvalue weighted by Crippen LogP contribution is -2.38. The van der Waals surface area contributed by atoms with E-state index in [2.05, 4.69) is 10.2 Å². The molecule has 8 heteroatoms. The number of benzene rings is 1. The van der Waals surface area contributed by atoms with Crippen molar-refractivity contribution in [1.82, 2.24) is 19.1 Å². The molecule has 0 bridgehead atoms. The molecule has 2 aromatic rings. The minimum atomic E-state index is -3.36. The molecule has 1 aliphatic heterocycles. The van der Waals surface area contributed by atoms with Crippen LogP contribution >= 0.6 is 0 Å². The molecular weight excluding hydrogens is 278 g/mol. The van der Waals surface area contributed by atoms with Crippen molar-refractivity contribution in [3.8, 4) is 0 Å². The first kappa shape index (κ1) is 13.1. The minimum Gasteiger partial charge on any atom is -0.399 e. The summed E-state index contributed by atoms with van der Waals surface area (Å²) in [6.07, 6.45) is 1.62. The predicted octanol–water partition coefficient (Wildman–Crippen LogP) is 0.206. The van der Waals surface area contributed by atoms with Crippen molar-refractivity contribution >= 4 is 15.7 Å². The molecule has 106 valence electrons. The van der Waals surface area contributed by atoms with Gasteiger partial charge in [-0.2, -0.15) is 4.31 Å². The summed E-state index contributed by atoms with van der Waals surface area (Å²) >= 11 is 0. The molecule has 20 heavy (non-hydrogen) atoms. The molecule has 0 atom stereocenters. The maximum absolute atomic E-state index is 12.4. The molecule has 7 nitrogen and oxygen atoms in total. The van der Waals surface area contributed by atoms with Crippen molar-refractivity contribution in [2.75, 3.05) is 12.3 Å². The lowest BCUT2D eigenvalue weighted by atomic mass is 10.2. The van der Waals surface area contributed by atoms with Gasteiger partial charge in [-0.3, -0.25) is 0 Å². The summed E-state index contributed by atoms with van der Waals surface area (Å²) in [4.78, 5) is 0. The molecule has 2 heterocycles. The van der Waals surface area contributed by atoms with E-state index in [9.17, 15) is 8.42 Å². The Morgan fingerprint density at radius 2 is 1.95 bits per heavy atom. The zero-order valence-electron chi connectivity index (χ0n) is 10.8. The second kappa shape index (κ2) is 4.88. The largest absolute Gasteiger partial charge is 0.399 e. The van der Waals surface area contributed by atoms with Gasteiger partial charge in [0.05, 0.1) is 12.3 Å². The molecule has 0 saturated heterocycles. The van der Waals surface area contributed by atoms with Crippen molar-refractivity contribution in [2.45, 2.75) is 18.8 Å². The molecule has 3 rings (SSSR count). The minimum absolute atomic E-state index is 0.0264. The first-order valence-corrected chi connectivity index (χ1v) is 7.84. The molecule has 1 aromatic heterocycles. The van der Waals surface area contributed by atoms with Gasteiger partial charge < -0.3 is 10.3 Å². The Kier molecular flexibility index (Phi) is 3.19. The van der Waals surface area contributed by atoms with Crippen LogP contribution in [-0.4, -0.2) is 34.0 Å². The number of nitrogen functional groups attached to an aromatic ring is 1. The Balaban J connectivity index is 1.77. The van der Waals surface area contributed by atoms with Crippen LogP contribution in [0, 0.1) is 0 Å². The molecule has 0 fully saturated rings. The quantitative estimate of drug-likeness (QED) is 0.816. The standard InChI is InChI=1S/C12H15N5O2S/c13-11-3-1-10(2-4-11)8-20(18,19)17-6-5-16-9-14-15-12(16)7-17/h1-4,9H,5-8,13H2. The van der Waals surface area contributed by atoms with Gasteiger partial charge in [0.25, 0.3) is 0 Å². The first-order chi connectivity index (χ1) is 9.54. The first-order valence-electron chi connectivity index (χ1n) is 6.23. The Morgan fingerprint density at radius 3 is 2.70 bits per heavy atom. The number of hydrogen-bond acceptors (Lipinski definition) is 5. The molecule has 0 radical (unpaired) electrons. The van der Waals surface area contributed by atoms with Gasteiger partial charge in [0, 0.05) is 18.8 Å². The highest BCUT2D eigenvalue weighted by atomic mass is 32.2. The Labute approximate surface area is 117 Å². The highest BCUT2D eigenvalue weighted by molar-refractivity contribution is 7.88. The molecular formula is C12H15N5O2S. The fourth-order valence-corrected chi connectivity index (χ4v) is 3.67. The van der Waals surface area contributed by atoms with E-state index < -0.39 is 10.0 Å². The predicted molar refractivity (Wildman–Crippen MR) is 73.9 cm³/mol. The second-order valence-electron chi connectivity index (χ2n) is 4.77. The van der Waals surface area contributed by atoms with E-state index >= 15 is 0 Å². The Bertz CT molecular complexity index is 708. The van der Waals surface area contributed by atoms with Crippen LogP contribution in [0.25, 0.3) is 0 Å². The van der Waals surface area contributed by atoms with Crippen LogP contribution in [0.4, 0.5) is 5.69 Å². The lowest BCUT2D eigenvalue weighted by Gasteiger charge is -2.26. The van der Waals surface area contributed by atoms with Gasteiger partial charge in [0.2, 0.25) is 10.0 Å². The third-order valence-corrected chi connectivity index (χ3v) is 5.12. The summed E-state index contributed by atoms with van der Waals surface area (Å²) in [6.45, 7) is 1.31. The number of nitrogens with zero attached hydrogens (tertiary/aromatic N) is 4.